The Hall–Kier alpha value is -0.160. The van der Waals surface area contributed by atoms with Crippen molar-refractivity contribution in [1.82, 2.24) is 5.32 Å². The van der Waals surface area contributed by atoms with Gasteiger partial charge in [0.15, 0.2) is 0 Å². The second kappa shape index (κ2) is 6.53. The van der Waals surface area contributed by atoms with Crippen LogP contribution in [0.2, 0.25) is 0 Å². The molecule has 1 atom stereocenters. The van der Waals surface area contributed by atoms with Crippen molar-refractivity contribution in [1.29, 1.82) is 0 Å². The molecule has 4 heteroatoms. The lowest BCUT2D eigenvalue weighted by atomic mass is 9.85. The molecule has 0 saturated carbocycles. The maximum Gasteiger partial charge on any atom is 0.0761 e. The van der Waals surface area contributed by atoms with Crippen molar-refractivity contribution in [3.8, 4) is 0 Å². The molecule has 2 aromatic rings. The molecule has 0 aliphatic rings. The van der Waals surface area contributed by atoms with E-state index in [1.807, 2.05) is 7.05 Å². The number of nitrogens with one attached hydrogen (secondary N) is 1. The fourth-order valence-corrected chi connectivity index (χ4v) is 5.87. The first-order valence-electron chi connectivity index (χ1n) is 6.98. The van der Waals surface area contributed by atoms with Crippen LogP contribution in [0.1, 0.15) is 45.0 Å². The molecule has 1 N–H and O–H groups in total. The molecule has 2 rings (SSSR count). The Morgan fingerprint density at radius 2 is 1.38 bits per heavy atom. The number of rotatable bonds is 3. The maximum atomic E-state index is 3.70. The molecule has 0 aliphatic heterocycles. The van der Waals surface area contributed by atoms with E-state index in [1.54, 1.807) is 11.3 Å². The highest BCUT2D eigenvalue weighted by Gasteiger charge is 2.23. The van der Waals surface area contributed by atoms with E-state index in [0.717, 1.165) is 3.79 Å². The number of benzene rings is 1. The molecule has 1 heterocycles. The topological polar surface area (TPSA) is 12.0 Å². The minimum atomic E-state index is 0.208. The molecule has 0 fully saturated rings. The van der Waals surface area contributed by atoms with Gasteiger partial charge < -0.3 is 5.32 Å². The van der Waals surface area contributed by atoms with Crippen LogP contribution in [-0.4, -0.2) is 7.05 Å². The first kappa shape index (κ1) is 17.2. The van der Waals surface area contributed by atoms with Gasteiger partial charge in [0.25, 0.3) is 0 Å². The molecule has 114 valence electrons. The first-order chi connectivity index (χ1) is 9.79. The van der Waals surface area contributed by atoms with Crippen LogP contribution in [0.15, 0.2) is 13.6 Å². The summed E-state index contributed by atoms with van der Waals surface area (Å²) in [4.78, 5) is 0. The quantitative estimate of drug-likeness (QED) is 0.617. The van der Waals surface area contributed by atoms with Gasteiger partial charge in [0.2, 0.25) is 0 Å². The Bertz CT molecular complexity index is 660. The van der Waals surface area contributed by atoms with Crippen molar-refractivity contribution in [2.45, 2.75) is 40.7 Å². The number of hydrogen-bond donors (Lipinski definition) is 1. The predicted molar refractivity (Wildman–Crippen MR) is 101 cm³/mol. The average Bonchev–Trinajstić information content (AvgIpc) is 2.78. The van der Waals surface area contributed by atoms with Gasteiger partial charge in [-0.1, -0.05) is 0 Å². The summed E-state index contributed by atoms with van der Waals surface area (Å²) < 4.78 is 2.34. The SMILES string of the molecule is CNC(c1cc(Br)sc1Br)c1c(C)c(C)c(C)c(C)c1C. The third kappa shape index (κ3) is 3.00. The molecular weight excluding hydrogens is 410 g/mol. The first-order valence-corrected chi connectivity index (χ1v) is 9.38. The van der Waals surface area contributed by atoms with E-state index in [1.165, 1.54) is 42.7 Å². The molecule has 0 saturated heterocycles. The molecule has 1 aromatic heterocycles. The third-order valence-electron chi connectivity index (χ3n) is 4.63. The van der Waals surface area contributed by atoms with Crippen LogP contribution in [0.5, 0.6) is 0 Å². The zero-order chi connectivity index (χ0) is 15.9. The standard InChI is InChI=1S/C17H21Br2NS/c1-8-9(2)11(4)15(12(5)10(8)3)16(20-6)13-7-14(18)21-17(13)19/h7,16,20H,1-6H3. The van der Waals surface area contributed by atoms with Crippen LogP contribution in [-0.2, 0) is 0 Å². The van der Waals surface area contributed by atoms with Crippen LogP contribution < -0.4 is 5.32 Å². The molecule has 0 bridgehead atoms. The lowest BCUT2D eigenvalue weighted by Crippen LogP contribution is -2.21. The van der Waals surface area contributed by atoms with Gasteiger partial charge in [-0.25, -0.2) is 0 Å². The van der Waals surface area contributed by atoms with Crippen molar-refractivity contribution >= 4 is 43.2 Å². The van der Waals surface area contributed by atoms with Crippen molar-refractivity contribution in [3.05, 3.63) is 52.6 Å². The minimum absolute atomic E-state index is 0.208. The third-order valence-corrected chi connectivity index (χ3v) is 7.02. The zero-order valence-corrected chi connectivity index (χ0v) is 17.3. The monoisotopic (exact) mass is 429 g/mol. The number of thiophene rings is 1. The Kier molecular flexibility index (Phi) is 5.35. The fourth-order valence-electron chi connectivity index (χ4n) is 2.97. The Balaban J connectivity index is 2.72. The zero-order valence-electron chi connectivity index (χ0n) is 13.3. The lowest BCUT2D eigenvalue weighted by Gasteiger charge is -2.25. The number of hydrogen-bond acceptors (Lipinski definition) is 2. The second-order valence-electron chi connectivity index (χ2n) is 5.54. The molecule has 0 aliphatic carbocycles. The van der Waals surface area contributed by atoms with E-state index in [9.17, 15) is 0 Å². The van der Waals surface area contributed by atoms with Crippen LogP contribution in [0.3, 0.4) is 0 Å². The van der Waals surface area contributed by atoms with Gasteiger partial charge in [-0.05, 0) is 119 Å². The van der Waals surface area contributed by atoms with E-state index in [2.05, 4.69) is 77.9 Å². The molecule has 0 amide bonds. The van der Waals surface area contributed by atoms with E-state index in [0.29, 0.717) is 0 Å². The molecule has 1 aromatic carbocycles. The van der Waals surface area contributed by atoms with Gasteiger partial charge >= 0.3 is 0 Å². The highest BCUT2D eigenvalue weighted by molar-refractivity contribution is 9.12. The second-order valence-corrected chi connectivity index (χ2v) is 9.29. The Morgan fingerprint density at radius 1 is 0.905 bits per heavy atom. The molecule has 1 nitrogen and oxygen atoms in total. The van der Waals surface area contributed by atoms with Gasteiger partial charge in [-0.3, -0.25) is 0 Å². The molecule has 21 heavy (non-hydrogen) atoms. The van der Waals surface area contributed by atoms with Crippen molar-refractivity contribution in [2.75, 3.05) is 7.05 Å². The molecule has 0 radical (unpaired) electrons. The molecule has 1 unspecified atom stereocenters. The van der Waals surface area contributed by atoms with E-state index >= 15 is 0 Å². The van der Waals surface area contributed by atoms with Gasteiger partial charge in [0.1, 0.15) is 0 Å². The van der Waals surface area contributed by atoms with Crippen LogP contribution in [0.4, 0.5) is 0 Å². The van der Waals surface area contributed by atoms with Crippen LogP contribution in [0, 0.1) is 34.6 Å². The fraction of sp³-hybridized carbons (Fsp3) is 0.412. The summed E-state index contributed by atoms with van der Waals surface area (Å²) in [7, 11) is 2.03. The van der Waals surface area contributed by atoms with Gasteiger partial charge in [-0.15, -0.1) is 11.3 Å². The smallest absolute Gasteiger partial charge is 0.0761 e. The van der Waals surface area contributed by atoms with Crippen LogP contribution in [0.25, 0.3) is 0 Å². The normalized spacial score (nSPS) is 12.8. The Morgan fingerprint density at radius 3 is 1.76 bits per heavy atom. The summed E-state index contributed by atoms with van der Waals surface area (Å²) in [6.45, 7) is 11.2. The highest BCUT2D eigenvalue weighted by Crippen LogP contribution is 2.40. The Labute approximate surface area is 148 Å². The van der Waals surface area contributed by atoms with Crippen molar-refractivity contribution < 1.29 is 0 Å². The summed E-state index contributed by atoms with van der Waals surface area (Å²) >= 11 is 9.02. The van der Waals surface area contributed by atoms with Crippen molar-refractivity contribution in [3.63, 3.8) is 0 Å². The number of halogens is 2. The molecular formula is C17H21Br2NS. The molecule has 0 spiro atoms. The summed E-state index contributed by atoms with van der Waals surface area (Å²) in [6, 6.07) is 2.42. The minimum Gasteiger partial charge on any atom is -0.309 e. The van der Waals surface area contributed by atoms with E-state index in [-0.39, 0.29) is 6.04 Å². The van der Waals surface area contributed by atoms with Gasteiger partial charge in [0.05, 0.1) is 13.6 Å². The summed E-state index contributed by atoms with van der Waals surface area (Å²) in [5.74, 6) is 0. The van der Waals surface area contributed by atoms with Gasteiger partial charge in [0, 0.05) is 0 Å². The van der Waals surface area contributed by atoms with Crippen molar-refractivity contribution in [2.24, 2.45) is 0 Å². The largest absolute Gasteiger partial charge is 0.309 e. The maximum absolute atomic E-state index is 3.70. The van der Waals surface area contributed by atoms with E-state index < -0.39 is 0 Å². The summed E-state index contributed by atoms with van der Waals surface area (Å²) in [6.07, 6.45) is 0. The lowest BCUT2D eigenvalue weighted by molar-refractivity contribution is 0.680. The predicted octanol–water partition coefficient (Wildman–Crippen LogP) is 6.12. The van der Waals surface area contributed by atoms with E-state index in [4.69, 9.17) is 0 Å². The summed E-state index contributed by atoms with van der Waals surface area (Å²) in [5.41, 5.74) is 9.70. The summed E-state index contributed by atoms with van der Waals surface area (Å²) in [5, 5.41) is 3.50. The van der Waals surface area contributed by atoms with Crippen LogP contribution >= 0.6 is 43.2 Å². The van der Waals surface area contributed by atoms with Gasteiger partial charge in [-0.2, -0.15) is 0 Å². The highest BCUT2D eigenvalue weighted by atomic mass is 79.9. The average molecular weight is 431 g/mol.